The van der Waals surface area contributed by atoms with Crippen molar-refractivity contribution in [3.05, 3.63) is 59.3 Å². The Bertz CT molecular complexity index is 878. The summed E-state index contributed by atoms with van der Waals surface area (Å²) in [7, 11) is 3.52. The van der Waals surface area contributed by atoms with Gasteiger partial charge in [0.05, 0.1) is 6.54 Å². The number of carbonyl (C=O) groups excluding carboxylic acids is 1. The van der Waals surface area contributed by atoms with Gasteiger partial charge in [0.2, 0.25) is 0 Å². The van der Waals surface area contributed by atoms with E-state index >= 15 is 0 Å². The standard InChI is InChI=1S/C24H34N6O.HI/c1-4-25-24(27-17-19-8-10-21(11-9-19)23(31)29(2)3)28-18-20-12-13-26-22(16-20)30-14-6-5-7-15-30;/h8-13,16H,4-7,14-15,17-18H2,1-3H3,(H2,25,27,28);1H. The van der Waals surface area contributed by atoms with Gasteiger partial charge in [-0.25, -0.2) is 9.98 Å². The molecular weight excluding hydrogens is 515 g/mol. The smallest absolute Gasteiger partial charge is 0.253 e. The van der Waals surface area contributed by atoms with E-state index < -0.39 is 0 Å². The predicted octanol–water partition coefficient (Wildman–Crippen LogP) is 3.65. The van der Waals surface area contributed by atoms with E-state index in [0.717, 1.165) is 42.5 Å². The number of aromatic nitrogens is 1. The van der Waals surface area contributed by atoms with Gasteiger partial charge in [0, 0.05) is 52.0 Å². The summed E-state index contributed by atoms with van der Waals surface area (Å²) in [6, 6.07) is 11.9. The number of anilines is 1. The molecule has 0 atom stereocenters. The molecule has 0 saturated carbocycles. The lowest BCUT2D eigenvalue weighted by Crippen LogP contribution is -2.36. The largest absolute Gasteiger partial charge is 0.357 e. The normalized spacial score (nSPS) is 13.8. The molecule has 0 unspecified atom stereocenters. The van der Waals surface area contributed by atoms with Crippen molar-refractivity contribution in [3.63, 3.8) is 0 Å². The zero-order valence-corrected chi connectivity index (χ0v) is 21.6. The molecule has 1 saturated heterocycles. The first-order valence-electron chi connectivity index (χ1n) is 11.1. The van der Waals surface area contributed by atoms with Crippen molar-refractivity contribution in [1.29, 1.82) is 0 Å². The Hall–Kier alpha value is -2.36. The molecule has 3 rings (SSSR count). The highest BCUT2D eigenvalue weighted by atomic mass is 127. The molecule has 7 nitrogen and oxygen atoms in total. The van der Waals surface area contributed by atoms with E-state index in [-0.39, 0.29) is 29.9 Å². The summed E-state index contributed by atoms with van der Waals surface area (Å²) < 4.78 is 0. The first kappa shape index (κ1) is 25.9. The number of hydrogen-bond acceptors (Lipinski definition) is 4. The van der Waals surface area contributed by atoms with Gasteiger partial charge in [-0.05, 0) is 61.6 Å². The van der Waals surface area contributed by atoms with Gasteiger partial charge in [0.1, 0.15) is 5.82 Å². The lowest BCUT2D eigenvalue weighted by Gasteiger charge is -2.27. The average Bonchev–Trinajstić information content (AvgIpc) is 2.81. The number of amides is 1. The highest BCUT2D eigenvalue weighted by Gasteiger charge is 2.12. The molecule has 0 spiro atoms. The molecule has 1 aliphatic rings. The summed E-state index contributed by atoms with van der Waals surface area (Å²) in [5, 5.41) is 6.67. The second kappa shape index (κ2) is 13.2. The Morgan fingerprint density at radius 3 is 2.44 bits per heavy atom. The number of nitrogens with zero attached hydrogens (tertiary/aromatic N) is 4. The van der Waals surface area contributed by atoms with Crippen molar-refractivity contribution in [1.82, 2.24) is 20.5 Å². The Morgan fingerprint density at radius 1 is 1.06 bits per heavy atom. The van der Waals surface area contributed by atoms with Crippen LogP contribution in [-0.4, -0.2) is 55.5 Å². The molecule has 0 radical (unpaired) electrons. The van der Waals surface area contributed by atoms with Crippen molar-refractivity contribution in [2.75, 3.05) is 38.6 Å². The van der Waals surface area contributed by atoms with Gasteiger partial charge >= 0.3 is 0 Å². The van der Waals surface area contributed by atoms with Gasteiger partial charge in [-0.1, -0.05) is 12.1 Å². The maximum absolute atomic E-state index is 12.0. The van der Waals surface area contributed by atoms with Crippen LogP contribution in [-0.2, 0) is 13.1 Å². The van der Waals surface area contributed by atoms with Crippen LogP contribution in [0.5, 0.6) is 0 Å². The monoisotopic (exact) mass is 550 g/mol. The van der Waals surface area contributed by atoms with Crippen molar-refractivity contribution in [2.45, 2.75) is 39.3 Å². The number of benzene rings is 1. The fourth-order valence-electron chi connectivity index (χ4n) is 3.58. The van der Waals surface area contributed by atoms with Crippen LogP contribution in [0.15, 0.2) is 47.6 Å². The SMILES string of the molecule is CCNC(=NCc1ccnc(N2CCCCC2)c1)NCc1ccc(C(=O)N(C)C)cc1.I. The van der Waals surface area contributed by atoms with E-state index in [1.54, 1.807) is 19.0 Å². The highest BCUT2D eigenvalue weighted by Crippen LogP contribution is 2.18. The number of carbonyl (C=O) groups is 1. The zero-order chi connectivity index (χ0) is 22.1. The Morgan fingerprint density at radius 2 is 1.78 bits per heavy atom. The number of guanidine groups is 1. The molecule has 0 bridgehead atoms. The van der Waals surface area contributed by atoms with Gasteiger partial charge in [-0.15, -0.1) is 24.0 Å². The lowest BCUT2D eigenvalue weighted by molar-refractivity contribution is 0.0827. The molecule has 1 fully saturated rings. The molecule has 1 amide bonds. The number of rotatable bonds is 7. The van der Waals surface area contributed by atoms with E-state index in [1.165, 1.54) is 19.3 Å². The summed E-state index contributed by atoms with van der Waals surface area (Å²) in [6.45, 7) is 6.25. The lowest BCUT2D eigenvalue weighted by atomic mass is 10.1. The van der Waals surface area contributed by atoms with Crippen LogP contribution in [0, 0.1) is 0 Å². The molecule has 32 heavy (non-hydrogen) atoms. The zero-order valence-electron chi connectivity index (χ0n) is 19.3. The fourth-order valence-corrected chi connectivity index (χ4v) is 3.58. The molecule has 8 heteroatoms. The summed E-state index contributed by atoms with van der Waals surface area (Å²) in [4.78, 5) is 25.3. The third-order valence-corrected chi connectivity index (χ3v) is 5.32. The third-order valence-electron chi connectivity index (χ3n) is 5.32. The minimum absolute atomic E-state index is 0. The van der Waals surface area contributed by atoms with Crippen LogP contribution in [0.4, 0.5) is 5.82 Å². The topological polar surface area (TPSA) is 72.9 Å². The van der Waals surface area contributed by atoms with E-state index in [4.69, 9.17) is 4.99 Å². The summed E-state index contributed by atoms with van der Waals surface area (Å²) >= 11 is 0. The van der Waals surface area contributed by atoms with Gasteiger partial charge in [-0.3, -0.25) is 4.79 Å². The van der Waals surface area contributed by atoms with Gasteiger partial charge in [0.25, 0.3) is 5.91 Å². The van der Waals surface area contributed by atoms with Crippen LogP contribution < -0.4 is 15.5 Å². The molecule has 0 aliphatic carbocycles. The van der Waals surface area contributed by atoms with Crippen molar-refractivity contribution in [2.24, 2.45) is 4.99 Å². The Labute approximate surface area is 208 Å². The van der Waals surface area contributed by atoms with Crippen LogP contribution in [0.3, 0.4) is 0 Å². The Kier molecular flexibility index (Phi) is 10.7. The summed E-state index contributed by atoms with van der Waals surface area (Å²) in [5.41, 5.74) is 2.94. The first-order chi connectivity index (χ1) is 15.1. The fraction of sp³-hybridized carbons (Fsp3) is 0.458. The number of aliphatic imine (C=N–C) groups is 1. The molecular formula is C24H35IN6O. The molecule has 174 valence electrons. The number of nitrogens with one attached hydrogen (secondary N) is 2. The van der Waals surface area contributed by atoms with Crippen LogP contribution >= 0.6 is 24.0 Å². The highest BCUT2D eigenvalue weighted by molar-refractivity contribution is 14.0. The third kappa shape index (κ3) is 7.65. The molecule has 1 aromatic heterocycles. The van der Waals surface area contributed by atoms with Crippen molar-refractivity contribution in [3.8, 4) is 0 Å². The van der Waals surface area contributed by atoms with Crippen LogP contribution in [0.25, 0.3) is 0 Å². The summed E-state index contributed by atoms with van der Waals surface area (Å²) in [5.74, 6) is 1.83. The Balaban J connectivity index is 0.00000363. The molecule has 2 N–H and O–H groups in total. The number of piperidine rings is 1. The van der Waals surface area contributed by atoms with Gasteiger partial charge in [0.15, 0.2) is 5.96 Å². The quantitative estimate of drug-likeness (QED) is 0.313. The van der Waals surface area contributed by atoms with Crippen molar-refractivity contribution >= 4 is 41.7 Å². The number of pyridine rings is 1. The van der Waals surface area contributed by atoms with Gasteiger partial charge in [-0.2, -0.15) is 0 Å². The second-order valence-corrected chi connectivity index (χ2v) is 8.02. The minimum atomic E-state index is 0. The molecule has 1 aromatic carbocycles. The number of halogens is 1. The molecule has 2 heterocycles. The molecule has 2 aromatic rings. The van der Waals surface area contributed by atoms with E-state index in [1.807, 2.05) is 36.5 Å². The van der Waals surface area contributed by atoms with Crippen LogP contribution in [0.2, 0.25) is 0 Å². The second-order valence-electron chi connectivity index (χ2n) is 8.02. The van der Waals surface area contributed by atoms with Crippen molar-refractivity contribution < 1.29 is 4.79 Å². The van der Waals surface area contributed by atoms with Gasteiger partial charge < -0.3 is 20.4 Å². The van der Waals surface area contributed by atoms with Crippen LogP contribution in [0.1, 0.15) is 47.7 Å². The minimum Gasteiger partial charge on any atom is -0.357 e. The van der Waals surface area contributed by atoms with E-state index in [9.17, 15) is 4.79 Å². The first-order valence-corrected chi connectivity index (χ1v) is 11.1. The average molecular weight is 550 g/mol. The van der Waals surface area contributed by atoms with E-state index in [0.29, 0.717) is 18.7 Å². The predicted molar refractivity (Wildman–Crippen MR) is 142 cm³/mol. The maximum Gasteiger partial charge on any atom is 0.253 e. The van der Waals surface area contributed by atoms with E-state index in [2.05, 4.69) is 33.5 Å². The maximum atomic E-state index is 12.0. The molecule has 1 aliphatic heterocycles. The summed E-state index contributed by atoms with van der Waals surface area (Å²) in [6.07, 6.45) is 5.67. The number of hydrogen-bond donors (Lipinski definition) is 2.